The van der Waals surface area contributed by atoms with E-state index in [9.17, 15) is 0 Å². The SMILES string of the molecule is CCc1cnn(C2CCC(N)CC2)c1. The van der Waals surface area contributed by atoms with Gasteiger partial charge in [-0.1, -0.05) is 6.92 Å². The van der Waals surface area contributed by atoms with Crippen LogP contribution < -0.4 is 5.73 Å². The monoisotopic (exact) mass is 193 g/mol. The van der Waals surface area contributed by atoms with E-state index in [2.05, 4.69) is 22.9 Å². The highest BCUT2D eigenvalue weighted by Gasteiger charge is 2.20. The van der Waals surface area contributed by atoms with Crippen LogP contribution in [-0.4, -0.2) is 15.8 Å². The molecule has 0 amide bonds. The van der Waals surface area contributed by atoms with E-state index in [1.165, 1.54) is 18.4 Å². The van der Waals surface area contributed by atoms with Crippen LogP contribution in [0.4, 0.5) is 0 Å². The smallest absolute Gasteiger partial charge is 0.0521 e. The lowest BCUT2D eigenvalue weighted by Gasteiger charge is -2.26. The number of hydrogen-bond acceptors (Lipinski definition) is 2. The van der Waals surface area contributed by atoms with Crippen LogP contribution >= 0.6 is 0 Å². The Labute approximate surface area is 85.3 Å². The van der Waals surface area contributed by atoms with Crippen LogP contribution in [0.15, 0.2) is 12.4 Å². The summed E-state index contributed by atoms with van der Waals surface area (Å²) in [5, 5.41) is 4.41. The third kappa shape index (κ3) is 1.98. The molecule has 0 aliphatic heterocycles. The highest BCUT2D eigenvalue weighted by atomic mass is 15.3. The molecule has 0 spiro atoms. The van der Waals surface area contributed by atoms with Crippen molar-refractivity contribution >= 4 is 0 Å². The lowest BCUT2D eigenvalue weighted by molar-refractivity contribution is 0.304. The second kappa shape index (κ2) is 4.13. The minimum Gasteiger partial charge on any atom is -0.328 e. The van der Waals surface area contributed by atoms with E-state index in [0.29, 0.717) is 12.1 Å². The Hall–Kier alpha value is -0.830. The topological polar surface area (TPSA) is 43.8 Å². The van der Waals surface area contributed by atoms with Crippen LogP contribution in [0.25, 0.3) is 0 Å². The molecule has 0 radical (unpaired) electrons. The first-order valence-corrected chi connectivity index (χ1v) is 5.58. The molecule has 1 aliphatic rings. The Morgan fingerprint density at radius 2 is 2.14 bits per heavy atom. The first-order valence-electron chi connectivity index (χ1n) is 5.58. The Kier molecular flexibility index (Phi) is 2.87. The van der Waals surface area contributed by atoms with Gasteiger partial charge in [0.2, 0.25) is 0 Å². The Bertz CT molecular complexity index is 284. The van der Waals surface area contributed by atoms with Crippen LogP contribution in [0, 0.1) is 0 Å². The van der Waals surface area contributed by atoms with Gasteiger partial charge in [0.05, 0.1) is 12.2 Å². The largest absolute Gasteiger partial charge is 0.328 e. The van der Waals surface area contributed by atoms with Crippen LogP contribution in [0.5, 0.6) is 0 Å². The molecule has 0 atom stereocenters. The molecule has 1 saturated carbocycles. The fraction of sp³-hybridized carbons (Fsp3) is 0.727. The predicted molar refractivity (Wildman–Crippen MR) is 57.1 cm³/mol. The van der Waals surface area contributed by atoms with Crippen molar-refractivity contribution in [1.82, 2.24) is 9.78 Å². The highest BCUT2D eigenvalue weighted by Crippen LogP contribution is 2.27. The van der Waals surface area contributed by atoms with Crippen molar-refractivity contribution in [3.8, 4) is 0 Å². The first kappa shape index (κ1) is 9.71. The molecule has 3 nitrogen and oxygen atoms in total. The second-order valence-electron chi connectivity index (χ2n) is 4.25. The van der Waals surface area contributed by atoms with Gasteiger partial charge in [0, 0.05) is 12.2 Å². The Balaban J connectivity index is 2.01. The zero-order valence-corrected chi connectivity index (χ0v) is 8.82. The van der Waals surface area contributed by atoms with Gasteiger partial charge in [-0.25, -0.2) is 0 Å². The lowest BCUT2D eigenvalue weighted by atomic mass is 9.92. The lowest BCUT2D eigenvalue weighted by Crippen LogP contribution is -2.27. The Morgan fingerprint density at radius 3 is 2.71 bits per heavy atom. The number of nitrogens with two attached hydrogens (primary N) is 1. The van der Waals surface area contributed by atoms with Crippen LogP contribution in [0.2, 0.25) is 0 Å². The van der Waals surface area contributed by atoms with Crippen LogP contribution in [0.3, 0.4) is 0 Å². The summed E-state index contributed by atoms with van der Waals surface area (Å²) in [6, 6.07) is 1.02. The summed E-state index contributed by atoms with van der Waals surface area (Å²) in [6.07, 6.45) is 9.90. The molecule has 1 aliphatic carbocycles. The number of aryl methyl sites for hydroxylation is 1. The molecule has 0 saturated heterocycles. The van der Waals surface area contributed by atoms with Gasteiger partial charge in [0.25, 0.3) is 0 Å². The summed E-state index contributed by atoms with van der Waals surface area (Å²) >= 11 is 0. The minimum atomic E-state index is 0.424. The molecule has 2 rings (SSSR count). The molecule has 14 heavy (non-hydrogen) atoms. The van der Waals surface area contributed by atoms with Gasteiger partial charge >= 0.3 is 0 Å². The van der Waals surface area contributed by atoms with E-state index in [1.807, 2.05) is 6.20 Å². The molecule has 3 heteroatoms. The second-order valence-corrected chi connectivity index (χ2v) is 4.25. The molecule has 1 heterocycles. The molecule has 0 bridgehead atoms. The minimum absolute atomic E-state index is 0.424. The van der Waals surface area contributed by atoms with Crippen LogP contribution in [-0.2, 0) is 6.42 Å². The molecule has 1 aromatic rings. The zero-order valence-electron chi connectivity index (χ0n) is 8.82. The summed E-state index contributed by atoms with van der Waals surface area (Å²) in [7, 11) is 0. The van der Waals surface area contributed by atoms with Crippen LogP contribution in [0.1, 0.15) is 44.2 Å². The fourth-order valence-corrected chi connectivity index (χ4v) is 2.13. The van der Waals surface area contributed by atoms with Gasteiger partial charge in [-0.05, 0) is 37.7 Å². The van der Waals surface area contributed by atoms with Gasteiger partial charge in [0.1, 0.15) is 0 Å². The molecular weight excluding hydrogens is 174 g/mol. The first-order chi connectivity index (χ1) is 6.79. The summed E-state index contributed by atoms with van der Waals surface area (Å²) in [5.41, 5.74) is 7.21. The quantitative estimate of drug-likeness (QED) is 0.779. The van der Waals surface area contributed by atoms with Gasteiger partial charge in [0.15, 0.2) is 0 Å². The maximum atomic E-state index is 5.88. The predicted octanol–water partition coefficient (Wildman–Crippen LogP) is 1.89. The summed E-state index contributed by atoms with van der Waals surface area (Å²) < 4.78 is 2.13. The van der Waals surface area contributed by atoms with E-state index >= 15 is 0 Å². The number of hydrogen-bond donors (Lipinski definition) is 1. The third-order valence-corrected chi connectivity index (χ3v) is 3.18. The van der Waals surface area contributed by atoms with Crippen molar-refractivity contribution in [1.29, 1.82) is 0 Å². The zero-order chi connectivity index (χ0) is 9.97. The average molecular weight is 193 g/mol. The summed E-state index contributed by atoms with van der Waals surface area (Å²) in [6.45, 7) is 2.16. The van der Waals surface area contributed by atoms with Gasteiger partial charge in [-0.15, -0.1) is 0 Å². The van der Waals surface area contributed by atoms with E-state index in [0.717, 1.165) is 19.3 Å². The summed E-state index contributed by atoms with van der Waals surface area (Å²) in [5.74, 6) is 0. The number of aromatic nitrogens is 2. The third-order valence-electron chi connectivity index (χ3n) is 3.18. The van der Waals surface area contributed by atoms with Gasteiger partial charge in [-0.3, -0.25) is 4.68 Å². The van der Waals surface area contributed by atoms with Crippen molar-refractivity contribution in [2.75, 3.05) is 0 Å². The van der Waals surface area contributed by atoms with Crippen molar-refractivity contribution in [3.05, 3.63) is 18.0 Å². The normalized spacial score (nSPS) is 27.9. The molecular formula is C11H19N3. The summed E-state index contributed by atoms with van der Waals surface area (Å²) in [4.78, 5) is 0. The van der Waals surface area contributed by atoms with Crippen molar-refractivity contribution in [3.63, 3.8) is 0 Å². The van der Waals surface area contributed by atoms with Gasteiger partial charge < -0.3 is 5.73 Å². The van der Waals surface area contributed by atoms with Crippen molar-refractivity contribution < 1.29 is 0 Å². The van der Waals surface area contributed by atoms with E-state index in [1.54, 1.807) is 0 Å². The molecule has 1 fully saturated rings. The molecule has 1 aromatic heterocycles. The standard InChI is InChI=1S/C11H19N3/c1-2-9-7-13-14(8-9)11-5-3-10(12)4-6-11/h7-8,10-11H,2-6,12H2,1H3. The Morgan fingerprint density at radius 1 is 1.43 bits per heavy atom. The van der Waals surface area contributed by atoms with E-state index in [-0.39, 0.29) is 0 Å². The highest BCUT2D eigenvalue weighted by molar-refractivity contribution is 5.04. The molecule has 78 valence electrons. The fourth-order valence-electron chi connectivity index (χ4n) is 2.13. The maximum Gasteiger partial charge on any atom is 0.0521 e. The molecule has 2 N–H and O–H groups in total. The van der Waals surface area contributed by atoms with Crippen molar-refractivity contribution in [2.24, 2.45) is 5.73 Å². The number of rotatable bonds is 2. The van der Waals surface area contributed by atoms with E-state index < -0.39 is 0 Å². The van der Waals surface area contributed by atoms with Gasteiger partial charge in [-0.2, -0.15) is 5.10 Å². The molecule has 0 unspecified atom stereocenters. The maximum absolute atomic E-state index is 5.88. The van der Waals surface area contributed by atoms with Crippen molar-refractivity contribution in [2.45, 2.75) is 51.1 Å². The molecule has 0 aromatic carbocycles. The van der Waals surface area contributed by atoms with E-state index in [4.69, 9.17) is 5.73 Å². The average Bonchev–Trinajstić information content (AvgIpc) is 2.67. The number of nitrogens with zero attached hydrogens (tertiary/aromatic N) is 2.